The molecule has 0 bridgehead atoms. The number of hydrogen-bond donors (Lipinski definition) is 2. The Balaban J connectivity index is 1.79. The van der Waals surface area contributed by atoms with Gasteiger partial charge >= 0.3 is 0 Å². The van der Waals surface area contributed by atoms with Crippen molar-refractivity contribution in [2.75, 3.05) is 10.6 Å². The van der Waals surface area contributed by atoms with Gasteiger partial charge in [0.1, 0.15) is 5.69 Å². The molecular weight excluding hydrogens is 380 g/mol. The zero-order chi connectivity index (χ0) is 17.8. The molecule has 0 atom stereocenters. The third-order valence-electron chi connectivity index (χ3n) is 3.65. The lowest BCUT2D eigenvalue weighted by molar-refractivity contribution is 0.102. The van der Waals surface area contributed by atoms with Gasteiger partial charge in [-0.2, -0.15) is 0 Å². The summed E-state index contributed by atoms with van der Waals surface area (Å²) in [7, 11) is 0. The largest absolute Gasteiger partial charge is 0.323 e. The maximum Gasteiger partial charge on any atom is 0.274 e. The SMILES string of the molecule is Cc1ccc(Nc2nccc(C(=O)Nc3ccccc3C)n2)c(Br)c1. The van der Waals surface area contributed by atoms with Crippen molar-refractivity contribution in [2.24, 2.45) is 0 Å². The van der Waals surface area contributed by atoms with E-state index in [1.54, 1.807) is 12.3 Å². The fraction of sp³-hybridized carbons (Fsp3) is 0.105. The highest BCUT2D eigenvalue weighted by atomic mass is 79.9. The van der Waals surface area contributed by atoms with Gasteiger partial charge in [-0.3, -0.25) is 4.79 Å². The summed E-state index contributed by atoms with van der Waals surface area (Å²) in [4.78, 5) is 20.9. The van der Waals surface area contributed by atoms with Crippen molar-refractivity contribution >= 4 is 39.2 Å². The lowest BCUT2D eigenvalue weighted by atomic mass is 10.2. The number of hydrogen-bond acceptors (Lipinski definition) is 4. The highest BCUT2D eigenvalue weighted by Gasteiger charge is 2.11. The molecule has 0 aliphatic carbocycles. The van der Waals surface area contributed by atoms with Gasteiger partial charge in [-0.15, -0.1) is 0 Å². The van der Waals surface area contributed by atoms with Crippen LogP contribution in [-0.4, -0.2) is 15.9 Å². The van der Waals surface area contributed by atoms with E-state index in [9.17, 15) is 4.79 Å². The number of halogens is 1. The van der Waals surface area contributed by atoms with Gasteiger partial charge in [0.05, 0.1) is 5.69 Å². The molecule has 3 aromatic rings. The van der Waals surface area contributed by atoms with Crippen molar-refractivity contribution in [1.82, 2.24) is 9.97 Å². The first-order valence-electron chi connectivity index (χ1n) is 7.76. The minimum absolute atomic E-state index is 0.275. The zero-order valence-corrected chi connectivity index (χ0v) is 15.5. The number of benzene rings is 2. The van der Waals surface area contributed by atoms with Gasteiger partial charge < -0.3 is 10.6 Å². The Kier molecular flexibility index (Phi) is 5.09. The van der Waals surface area contributed by atoms with Crippen LogP contribution < -0.4 is 10.6 Å². The molecule has 2 aromatic carbocycles. The molecule has 2 N–H and O–H groups in total. The molecule has 0 aliphatic heterocycles. The maximum atomic E-state index is 12.4. The van der Waals surface area contributed by atoms with E-state index in [-0.39, 0.29) is 5.91 Å². The molecule has 6 heteroatoms. The molecule has 1 aromatic heterocycles. The van der Waals surface area contributed by atoms with Crippen LogP contribution in [-0.2, 0) is 0 Å². The first-order valence-corrected chi connectivity index (χ1v) is 8.55. The molecule has 0 unspecified atom stereocenters. The van der Waals surface area contributed by atoms with Gasteiger partial charge in [-0.1, -0.05) is 24.3 Å². The Labute approximate surface area is 154 Å². The lowest BCUT2D eigenvalue weighted by Crippen LogP contribution is -2.15. The van der Waals surface area contributed by atoms with Gasteiger partial charge in [0, 0.05) is 16.4 Å². The van der Waals surface area contributed by atoms with Gasteiger partial charge in [-0.05, 0) is 65.2 Å². The Morgan fingerprint density at radius 3 is 2.60 bits per heavy atom. The minimum Gasteiger partial charge on any atom is -0.323 e. The standard InChI is InChI=1S/C19H17BrN4O/c1-12-7-8-16(14(20)11-12)23-19-21-10-9-17(24-19)18(25)22-15-6-4-3-5-13(15)2/h3-11H,1-2H3,(H,22,25)(H,21,23,24). The number of carbonyl (C=O) groups excluding carboxylic acids is 1. The molecule has 25 heavy (non-hydrogen) atoms. The Morgan fingerprint density at radius 2 is 1.84 bits per heavy atom. The van der Waals surface area contributed by atoms with Crippen LogP contribution >= 0.6 is 15.9 Å². The van der Waals surface area contributed by atoms with Crippen molar-refractivity contribution in [1.29, 1.82) is 0 Å². The van der Waals surface area contributed by atoms with E-state index in [1.807, 2.05) is 56.3 Å². The van der Waals surface area contributed by atoms with E-state index in [4.69, 9.17) is 0 Å². The zero-order valence-electron chi connectivity index (χ0n) is 13.9. The molecule has 0 fully saturated rings. The number of nitrogens with zero attached hydrogens (tertiary/aromatic N) is 2. The second kappa shape index (κ2) is 7.44. The van der Waals surface area contributed by atoms with Crippen molar-refractivity contribution in [2.45, 2.75) is 13.8 Å². The molecule has 0 aliphatic rings. The number of para-hydroxylation sites is 1. The highest BCUT2D eigenvalue weighted by Crippen LogP contribution is 2.25. The molecule has 5 nitrogen and oxygen atoms in total. The second-order valence-electron chi connectivity index (χ2n) is 5.64. The number of rotatable bonds is 4. The summed E-state index contributed by atoms with van der Waals surface area (Å²) in [5.41, 5.74) is 4.03. The molecule has 0 radical (unpaired) electrons. The van der Waals surface area contributed by atoms with Crippen LogP contribution in [0.2, 0.25) is 0 Å². The first kappa shape index (κ1) is 17.1. The van der Waals surface area contributed by atoms with E-state index >= 15 is 0 Å². The molecular formula is C19H17BrN4O. The fourth-order valence-electron chi connectivity index (χ4n) is 2.29. The number of carbonyl (C=O) groups is 1. The average molecular weight is 397 g/mol. The van der Waals surface area contributed by atoms with Crippen LogP contribution in [0.5, 0.6) is 0 Å². The van der Waals surface area contributed by atoms with Crippen molar-refractivity contribution in [3.63, 3.8) is 0 Å². The number of aryl methyl sites for hydroxylation is 2. The summed E-state index contributed by atoms with van der Waals surface area (Å²) >= 11 is 3.51. The van der Waals surface area contributed by atoms with Gasteiger partial charge in [0.25, 0.3) is 5.91 Å². The Morgan fingerprint density at radius 1 is 1.04 bits per heavy atom. The molecule has 1 heterocycles. The number of aromatic nitrogens is 2. The summed E-state index contributed by atoms with van der Waals surface area (Å²) in [6.07, 6.45) is 1.56. The average Bonchev–Trinajstić information content (AvgIpc) is 2.60. The van der Waals surface area contributed by atoms with Crippen LogP contribution in [0.1, 0.15) is 21.6 Å². The Bertz CT molecular complexity index is 927. The van der Waals surface area contributed by atoms with Gasteiger partial charge in [-0.25, -0.2) is 9.97 Å². The summed E-state index contributed by atoms with van der Waals surface area (Å²) in [5, 5.41) is 5.99. The summed E-state index contributed by atoms with van der Waals surface area (Å²) in [5.74, 6) is 0.0877. The number of anilines is 3. The van der Waals surface area contributed by atoms with Crippen LogP contribution in [0.25, 0.3) is 0 Å². The van der Waals surface area contributed by atoms with E-state index in [0.717, 1.165) is 27.0 Å². The molecule has 126 valence electrons. The molecule has 0 saturated heterocycles. The molecule has 0 saturated carbocycles. The van der Waals surface area contributed by atoms with E-state index in [1.165, 1.54) is 0 Å². The van der Waals surface area contributed by atoms with Crippen LogP contribution in [0, 0.1) is 13.8 Å². The molecule has 3 rings (SSSR count). The highest BCUT2D eigenvalue weighted by molar-refractivity contribution is 9.10. The van der Waals surface area contributed by atoms with Crippen molar-refractivity contribution in [3.05, 3.63) is 76.0 Å². The summed E-state index contributed by atoms with van der Waals surface area (Å²) < 4.78 is 0.908. The third-order valence-corrected chi connectivity index (χ3v) is 4.31. The van der Waals surface area contributed by atoms with Gasteiger partial charge in [0.15, 0.2) is 0 Å². The second-order valence-corrected chi connectivity index (χ2v) is 6.50. The van der Waals surface area contributed by atoms with Crippen LogP contribution in [0.3, 0.4) is 0 Å². The predicted molar refractivity (Wildman–Crippen MR) is 103 cm³/mol. The quantitative estimate of drug-likeness (QED) is 0.661. The van der Waals surface area contributed by atoms with Crippen molar-refractivity contribution in [3.8, 4) is 0 Å². The number of nitrogens with one attached hydrogen (secondary N) is 2. The predicted octanol–water partition coefficient (Wildman–Crippen LogP) is 4.85. The monoisotopic (exact) mass is 396 g/mol. The fourth-order valence-corrected chi connectivity index (χ4v) is 2.88. The van der Waals surface area contributed by atoms with Crippen LogP contribution in [0.15, 0.2) is 59.2 Å². The van der Waals surface area contributed by atoms with Crippen LogP contribution in [0.4, 0.5) is 17.3 Å². The first-order chi connectivity index (χ1) is 12.0. The normalized spacial score (nSPS) is 10.4. The smallest absolute Gasteiger partial charge is 0.274 e. The summed E-state index contributed by atoms with van der Waals surface area (Å²) in [6, 6.07) is 15.1. The third kappa shape index (κ3) is 4.22. The topological polar surface area (TPSA) is 66.9 Å². The molecule has 1 amide bonds. The minimum atomic E-state index is -0.275. The van der Waals surface area contributed by atoms with E-state index in [2.05, 4.69) is 36.5 Å². The van der Waals surface area contributed by atoms with E-state index in [0.29, 0.717) is 11.6 Å². The summed E-state index contributed by atoms with van der Waals surface area (Å²) in [6.45, 7) is 3.96. The number of amides is 1. The lowest BCUT2D eigenvalue weighted by Gasteiger charge is -2.10. The molecule has 0 spiro atoms. The maximum absolute atomic E-state index is 12.4. The van der Waals surface area contributed by atoms with Crippen molar-refractivity contribution < 1.29 is 4.79 Å². The Hall–Kier alpha value is -2.73. The van der Waals surface area contributed by atoms with E-state index < -0.39 is 0 Å². The van der Waals surface area contributed by atoms with Gasteiger partial charge in [0.2, 0.25) is 5.95 Å².